The van der Waals surface area contributed by atoms with Crippen LogP contribution in [-0.4, -0.2) is 19.1 Å². The Hall–Kier alpha value is -1.51. The zero-order valence-corrected chi connectivity index (χ0v) is 15.4. The average molecular weight is 319 g/mol. The average Bonchev–Trinajstić information content (AvgIpc) is 2.52. The lowest BCUT2D eigenvalue weighted by Gasteiger charge is -2.22. The van der Waals surface area contributed by atoms with Crippen molar-refractivity contribution in [1.82, 2.24) is 5.32 Å². The molecule has 0 spiro atoms. The molecule has 0 saturated heterocycles. The number of ether oxygens (including phenoxy) is 1. The predicted octanol–water partition coefficient (Wildman–Crippen LogP) is 4.70. The summed E-state index contributed by atoms with van der Waals surface area (Å²) in [7, 11) is 0. The quantitative estimate of drug-likeness (QED) is 0.716. The van der Waals surface area contributed by atoms with Gasteiger partial charge in [0.25, 0.3) is 5.91 Å². The molecule has 1 amide bonds. The van der Waals surface area contributed by atoms with Gasteiger partial charge in [-0.25, -0.2) is 0 Å². The minimum Gasteiger partial charge on any atom is -0.483 e. The highest BCUT2D eigenvalue weighted by Crippen LogP contribution is 2.30. The Kier molecular flexibility index (Phi) is 8.15. The molecule has 1 atom stereocenters. The second-order valence-corrected chi connectivity index (χ2v) is 7.26. The van der Waals surface area contributed by atoms with Gasteiger partial charge in [-0.05, 0) is 29.4 Å². The number of hydrogen-bond donors (Lipinski definition) is 1. The molecule has 23 heavy (non-hydrogen) atoms. The second kappa shape index (κ2) is 9.59. The number of benzene rings is 1. The Labute approximate surface area is 141 Å². The summed E-state index contributed by atoms with van der Waals surface area (Å²) in [5.74, 6) is 1.33. The molecule has 3 nitrogen and oxygen atoms in total. The Bertz CT molecular complexity index is 477. The molecule has 0 fully saturated rings. The van der Waals surface area contributed by atoms with Gasteiger partial charge in [0.1, 0.15) is 5.75 Å². The molecule has 0 aromatic heterocycles. The van der Waals surface area contributed by atoms with E-state index in [-0.39, 0.29) is 17.9 Å². The summed E-state index contributed by atoms with van der Waals surface area (Å²) in [6, 6.07) is 7.95. The zero-order chi connectivity index (χ0) is 17.3. The summed E-state index contributed by atoms with van der Waals surface area (Å²) in [6.07, 6.45) is 4.72. The van der Waals surface area contributed by atoms with Crippen LogP contribution in [0, 0.1) is 5.92 Å². The molecule has 1 N–H and O–H groups in total. The van der Waals surface area contributed by atoms with Gasteiger partial charge in [-0.15, -0.1) is 0 Å². The van der Waals surface area contributed by atoms with Crippen molar-refractivity contribution < 1.29 is 9.53 Å². The Morgan fingerprint density at radius 2 is 1.91 bits per heavy atom. The fourth-order valence-electron chi connectivity index (χ4n) is 2.61. The minimum atomic E-state index is -0.0383. The van der Waals surface area contributed by atoms with E-state index in [9.17, 15) is 4.79 Å². The van der Waals surface area contributed by atoms with Gasteiger partial charge in [0.05, 0.1) is 0 Å². The molecule has 0 saturated carbocycles. The minimum absolute atomic E-state index is 0.000524. The third-order valence-corrected chi connectivity index (χ3v) is 4.19. The fourth-order valence-corrected chi connectivity index (χ4v) is 2.61. The molecule has 130 valence electrons. The fraction of sp³-hybridized carbons (Fsp3) is 0.650. The van der Waals surface area contributed by atoms with E-state index in [4.69, 9.17) is 4.74 Å². The van der Waals surface area contributed by atoms with Crippen LogP contribution in [0.4, 0.5) is 0 Å². The number of para-hydroxylation sites is 1. The second-order valence-electron chi connectivity index (χ2n) is 7.26. The van der Waals surface area contributed by atoms with Crippen LogP contribution in [0.25, 0.3) is 0 Å². The molecule has 0 heterocycles. The third kappa shape index (κ3) is 7.06. The number of carbonyl (C=O) groups excluding carboxylic acids is 1. The summed E-state index contributed by atoms with van der Waals surface area (Å²) in [6.45, 7) is 11.7. The molecule has 0 aliphatic rings. The molecule has 1 aromatic carbocycles. The van der Waals surface area contributed by atoms with Crippen LogP contribution >= 0.6 is 0 Å². The van der Waals surface area contributed by atoms with E-state index in [2.05, 4.69) is 46.0 Å². The molecular formula is C20H33NO2. The number of nitrogens with one attached hydrogen (secondary N) is 1. The van der Waals surface area contributed by atoms with Gasteiger partial charge in [0.15, 0.2) is 6.61 Å². The van der Waals surface area contributed by atoms with Crippen LogP contribution in [0.5, 0.6) is 5.75 Å². The number of hydrogen-bond acceptors (Lipinski definition) is 2. The zero-order valence-electron chi connectivity index (χ0n) is 15.4. The van der Waals surface area contributed by atoms with Crippen LogP contribution in [0.2, 0.25) is 0 Å². The van der Waals surface area contributed by atoms with E-state index in [1.54, 1.807) is 0 Å². The normalized spacial score (nSPS) is 12.7. The summed E-state index contributed by atoms with van der Waals surface area (Å²) < 4.78 is 5.76. The molecular weight excluding hydrogens is 286 g/mol. The van der Waals surface area contributed by atoms with E-state index in [1.807, 2.05) is 18.2 Å². The first-order chi connectivity index (χ1) is 10.9. The maximum Gasteiger partial charge on any atom is 0.257 e. The molecule has 0 aliphatic heterocycles. The maximum absolute atomic E-state index is 12.0. The molecule has 1 aromatic rings. The Morgan fingerprint density at radius 1 is 1.22 bits per heavy atom. The third-order valence-electron chi connectivity index (χ3n) is 4.19. The topological polar surface area (TPSA) is 38.3 Å². The Morgan fingerprint density at radius 3 is 2.52 bits per heavy atom. The first kappa shape index (κ1) is 19.5. The van der Waals surface area contributed by atoms with E-state index < -0.39 is 0 Å². The predicted molar refractivity (Wildman–Crippen MR) is 97.0 cm³/mol. The summed E-state index contributed by atoms with van der Waals surface area (Å²) >= 11 is 0. The van der Waals surface area contributed by atoms with Crippen molar-refractivity contribution in [3.05, 3.63) is 29.8 Å². The van der Waals surface area contributed by atoms with Gasteiger partial charge in [-0.2, -0.15) is 0 Å². The van der Waals surface area contributed by atoms with Gasteiger partial charge in [0.2, 0.25) is 0 Å². The lowest BCUT2D eigenvalue weighted by Crippen LogP contribution is -2.33. The maximum atomic E-state index is 12.0. The number of unbranched alkanes of at least 4 members (excludes halogenated alkanes) is 1. The largest absolute Gasteiger partial charge is 0.483 e. The van der Waals surface area contributed by atoms with Crippen LogP contribution in [0.3, 0.4) is 0 Å². The summed E-state index contributed by atoms with van der Waals surface area (Å²) in [5, 5.41) is 3.01. The molecule has 1 rings (SSSR count). The number of rotatable bonds is 9. The standard InChI is InChI=1S/C20H33NO2/c1-6-8-11-16(7-2)14-21-19(22)15-23-18-13-10-9-12-17(18)20(3,4)5/h9-10,12-13,16H,6-8,11,14-15H2,1-5H3,(H,21,22). The van der Waals surface area contributed by atoms with Crippen molar-refractivity contribution in [2.45, 2.75) is 65.7 Å². The van der Waals surface area contributed by atoms with Gasteiger partial charge in [0, 0.05) is 6.54 Å². The molecule has 1 unspecified atom stereocenters. The van der Waals surface area contributed by atoms with Crippen molar-refractivity contribution >= 4 is 5.91 Å². The lowest BCUT2D eigenvalue weighted by molar-refractivity contribution is -0.123. The highest BCUT2D eigenvalue weighted by atomic mass is 16.5. The van der Waals surface area contributed by atoms with Gasteiger partial charge in [-0.3, -0.25) is 4.79 Å². The van der Waals surface area contributed by atoms with E-state index in [1.165, 1.54) is 19.3 Å². The summed E-state index contributed by atoms with van der Waals surface area (Å²) in [4.78, 5) is 12.0. The molecule has 0 radical (unpaired) electrons. The van der Waals surface area contributed by atoms with Crippen molar-refractivity contribution in [1.29, 1.82) is 0 Å². The first-order valence-electron chi connectivity index (χ1n) is 8.87. The van der Waals surface area contributed by atoms with Crippen molar-refractivity contribution in [2.24, 2.45) is 5.92 Å². The monoisotopic (exact) mass is 319 g/mol. The highest BCUT2D eigenvalue weighted by molar-refractivity contribution is 5.77. The summed E-state index contributed by atoms with van der Waals surface area (Å²) in [5.41, 5.74) is 1.13. The van der Waals surface area contributed by atoms with E-state index in [0.717, 1.165) is 24.3 Å². The van der Waals surface area contributed by atoms with Gasteiger partial charge in [-0.1, -0.05) is 72.1 Å². The Balaban J connectivity index is 2.48. The van der Waals surface area contributed by atoms with Crippen molar-refractivity contribution in [2.75, 3.05) is 13.2 Å². The van der Waals surface area contributed by atoms with Crippen molar-refractivity contribution in [3.8, 4) is 5.75 Å². The molecule has 0 bridgehead atoms. The highest BCUT2D eigenvalue weighted by Gasteiger charge is 2.19. The number of carbonyl (C=O) groups is 1. The van der Waals surface area contributed by atoms with E-state index >= 15 is 0 Å². The van der Waals surface area contributed by atoms with Gasteiger partial charge < -0.3 is 10.1 Å². The smallest absolute Gasteiger partial charge is 0.257 e. The molecule has 0 aliphatic carbocycles. The molecule has 3 heteroatoms. The van der Waals surface area contributed by atoms with Crippen molar-refractivity contribution in [3.63, 3.8) is 0 Å². The van der Waals surface area contributed by atoms with Gasteiger partial charge >= 0.3 is 0 Å². The van der Waals surface area contributed by atoms with Crippen LogP contribution < -0.4 is 10.1 Å². The van der Waals surface area contributed by atoms with Crippen LogP contribution in [-0.2, 0) is 10.2 Å². The number of amides is 1. The first-order valence-corrected chi connectivity index (χ1v) is 8.87. The SMILES string of the molecule is CCCCC(CC)CNC(=O)COc1ccccc1C(C)(C)C. The lowest BCUT2D eigenvalue weighted by atomic mass is 9.86. The van der Waals surface area contributed by atoms with Crippen LogP contribution in [0.15, 0.2) is 24.3 Å². The van der Waals surface area contributed by atoms with Crippen LogP contribution in [0.1, 0.15) is 65.9 Å². The van der Waals surface area contributed by atoms with E-state index in [0.29, 0.717) is 5.92 Å².